The predicted molar refractivity (Wildman–Crippen MR) is 85.4 cm³/mol. The number of hydrogen-bond donors (Lipinski definition) is 1. The van der Waals surface area contributed by atoms with Crippen LogP contribution >= 0.6 is 15.9 Å². The zero-order chi connectivity index (χ0) is 14.0. The maximum atomic E-state index is 6.35. The van der Waals surface area contributed by atoms with Crippen LogP contribution in [0.2, 0.25) is 0 Å². The molecule has 0 saturated heterocycles. The lowest BCUT2D eigenvalue weighted by Gasteiger charge is -2.54. The summed E-state index contributed by atoms with van der Waals surface area (Å²) in [5.41, 5.74) is 7.88. The minimum atomic E-state index is 0.284. The van der Waals surface area contributed by atoms with Crippen molar-refractivity contribution < 1.29 is 4.74 Å². The molecule has 1 aromatic carbocycles. The molecule has 0 heterocycles. The van der Waals surface area contributed by atoms with Gasteiger partial charge < -0.3 is 10.5 Å². The van der Waals surface area contributed by atoms with Gasteiger partial charge in [-0.25, -0.2) is 0 Å². The van der Waals surface area contributed by atoms with E-state index < -0.39 is 0 Å². The fourth-order valence-electron chi connectivity index (χ4n) is 3.87. The molecule has 0 radical (unpaired) electrons. The second-order valence-electron chi connectivity index (χ2n) is 6.42. The summed E-state index contributed by atoms with van der Waals surface area (Å²) in [7, 11) is 0. The zero-order valence-electron chi connectivity index (χ0n) is 12.0. The van der Waals surface area contributed by atoms with Crippen LogP contribution in [0.25, 0.3) is 0 Å². The molecule has 2 nitrogen and oxygen atoms in total. The van der Waals surface area contributed by atoms with Crippen LogP contribution in [0, 0.1) is 5.41 Å². The Morgan fingerprint density at radius 2 is 1.75 bits per heavy atom. The molecule has 2 atom stereocenters. The highest BCUT2D eigenvalue weighted by atomic mass is 79.9. The van der Waals surface area contributed by atoms with Gasteiger partial charge in [0, 0.05) is 15.9 Å². The molecule has 2 fully saturated rings. The molecule has 0 bridgehead atoms. The molecule has 3 rings (SSSR count). The third-order valence-corrected chi connectivity index (χ3v) is 5.78. The Labute approximate surface area is 130 Å². The summed E-state index contributed by atoms with van der Waals surface area (Å²) in [5, 5.41) is 0. The Morgan fingerprint density at radius 1 is 1.10 bits per heavy atom. The number of benzene rings is 1. The van der Waals surface area contributed by atoms with E-state index in [0.29, 0.717) is 18.8 Å². The summed E-state index contributed by atoms with van der Waals surface area (Å²) >= 11 is 3.47. The van der Waals surface area contributed by atoms with Crippen molar-refractivity contribution in [2.75, 3.05) is 0 Å². The van der Waals surface area contributed by atoms with Gasteiger partial charge in [0.2, 0.25) is 0 Å². The molecular formula is C17H24BrNO. The number of ether oxygens (including phenoxy) is 1. The first-order valence-electron chi connectivity index (χ1n) is 7.82. The molecule has 2 unspecified atom stereocenters. The standard InChI is InChI=1S/C17H24BrNO/c18-14-7-5-13(6-8-14)12-20-16-11-15(19)17(16)9-3-1-2-4-10-17/h5-8,15-16H,1-4,9-12,19H2. The van der Waals surface area contributed by atoms with Crippen LogP contribution < -0.4 is 5.73 Å². The quantitative estimate of drug-likeness (QED) is 0.886. The van der Waals surface area contributed by atoms with Gasteiger partial charge in [0.15, 0.2) is 0 Å². The predicted octanol–water partition coefficient (Wildman–Crippen LogP) is 4.41. The second kappa shape index (κ2) is 6.17. The SMILES string of the molecule is NC1CC(OCc2ccc(Br)cc2)C12CCCCCC2. The van der Waals surface area contributed by atoms with Crippen LogP contribution in [0.5, 0.6) is 0 Å². The maximum Gasteiger partial charge on any atom is 0.0720 e. The van der Waals surface area contributed by atoms with Crippen molar-refractivity contribution in [1.82, 2.24) is 0 Å². The van der Waals surface area contributed by atoms with Gasteiger partial charge in [0.25, 0.3) is 0 Å². The van der Waals surface area contributed by atoms with Gasteiger partial charge in [-0.1, -0.05) is 53.7 Å². The van der Waals surface area contributed by atoms with Crippen LogP contribution in [-0.2, 0) is 11.3 Å². The van der Waals surface area contributed by atoms with Crippen LogP contribution in [0.4, 0.5) is 0 Å². The van der Waals surface area contributed by atoms with Gasteiger partial charge in [-0.05, 0) is 37.0 Å². The van der Waals surface area contributed by atoms with Gasteiger partial charge in [-0.3, -0.25) is 0 Å². The van der Waals surface area contributed by atoms with Crippen molar-refractivity contribution in [1.29, 1.82) is 0 Å². The van der Waals surface area contributed by atoms with Crippen LogP contribution in [0.1, 0.15) is 50.5 Å². The van der Waals surface area contributed by atoms with Crippen molar-refractivity contribution in [3.8, 4) is 0 Å². The molecule has 2 aliphatic rings. The molecule has 0 aliphatic heterocycles. The van der Waals surface area contributed by atoms with E-state index >= 15 is 0 Å². The summed E-state index contributed by atoms with van der Waals surface area (Å²) in [6, 6.07) is 8.76. The molecule has 2 saturated carbocycles. The Kier molecular flexibility index (Phi) is 4.49. The monoisotopic (exact) mass is 337 g/mol. The fourth-order valence-corrected chi connectivity index (χ4v) is 4.13. The minimum Gasteiger partial charge on any atom is -0.373 e. The lowest BCUT2D eigenvalue weighted by Crippen LogP contribution is -2.62. The third kappa shape index (κ3) is 2.81. The summed E-state index contributed by atoms with van der Waals surface area (Å²) in [6.07, 6.45) is 9.33. The van der Waals surface area contributed by atoms with E-state index in [4.69, 9.17) is 10.5 Å². The average molecular weight is 338 g/mol. The lowest BCUT2D eigenvalue weighted by molar-refractivity contribution is -0.141. The molecule has 0 aromatic heterocycles. The largest absolute Gasteiger partial charge is 0.373 e. The zero-order valence-corrected chi connectivity index (χ0v) is 13.6. The molecule has 110 valence electrons. The van der Waals surface area contributed by atoms with E-state index in [1.807, 2.05) is 0 Å². The van der Waals surface area contributed by atoms with E-state index in [2.05, 4.69) is 40.2 Å². The number of halogens is 1. The smallest absolute Gasteiger partial charge is 0.0720 e. The highest BCUT2D eigenvalue weighted by Gasteiger charge is 2.53. The summed E-state index contributed by atoms with van der Waals surface area (Å²) in [4.78, 5) is 0. The van der Waals surface area contributed by atoms with E-state index in [-0.39, 0.29) is 5.41 Å². The van der Waals surface area contributed by atoms with Crippen molar-refractivity contribution in [2.45, 2.75) is 63.7 Å². The average Bonchev–Trinajstić information content (AvgIpc) is 2.73. The molecule has 3 heteroatoms. The first-order valence-corrected chi connectivity index (χ1v) is 8.62. The second-order valence-corrected chi connectivity index (χ2v) is 7.33. The maximum absolute atomic E-state index is 6.35. The van der Waals surface area contributed by atoms with Crippen LogP contribution in [0.15, 0.2) is 28.7 Å². The van der Waals surface area contributed by atoms with Crippen molar-refractivity contribution in [3.63, 3.8) is 0 Å². The van der Waals surface area contributed by atoms with Crippen molar-refractivity contribution in [3.05, 3.63) is 34.3 Å². The molecule has 1 aromatic rings. The highest BCUT2D eigenvalue weighted by molar-refractivity contribution is 9.10. The normalized spacial score (nSPS) is 28.9. The first-order chi connectivity index (χ1) is 9.71. The van der Waals surface area contributed by atoms with Gasteiger partial charge in [-0.2, -0.15) is 0 Å². The van der Waals surface area contributed by atoms with Gasteiger partial charge in [0.05, 0.1) is 12.7 Å². The Bertz CT molecular complexity index is 437. The molecular weight excluding hydrogens is 314 g/mol. The summed E-state index contributed by atoms with van der Waals surface area (Å²) in [5.74, 6) is 0. The summed E-state index contributed by atoms with van der Waals surface area (Å²) in [6.45, 7) is 0.715. The molecule has 20 heavy (non-hydrogen) atoms. The molecule has 2 aliphatic carbocycles. The van der Waals surface area contributed by atoms with Gasteiger partial charge >= 0.3 is 0 Å². The van der Waals surface area contributed by atoms with E-state index in [9.17, 15) is 0 Å². The number of rotatable bonds is 3. The fraction of sp³-hybridized carbons (Fsp3) is 0.647. The van der Waals surface area contributed by atoms with E-state index in [1.165, 1.54) is 44.1 Å². The topological polar surface area (TPSA) is 35.2 Å². The Hall–Kier alpha value is -0.380. The minimum absolute atomic E-state index is 0.284. The van der Waals surface area contributed by atoms with Gasteiger partial charge in [-0.15, -0.1) is 0 Å². The molecule has 0 amide bonds. The van der Waals surface area contributed by atoms with Crippen LogP contribution in [-0.4, -0.2) is 12.1 Å². The van der Waals surface area contributed by atoms with E-state index in [0.717, 1.165) is 10.9 Å². The van der Waals surface area contributed by atoms with Crippen molar-refractivity contribution >= 4 is 15.9 Å². The summed E-state index contributed by atoms with van der Waals surface area (Å²) < 4.78 is 7.35. The lowest BCUT2D eigenvalue weighted by atomic mass is 9.58. The first kappa shape index (κ1) is 14.6. The Balaban J connectivity index is 1.61. The molecule has 2 N–H and O–H groups in total. The van der Waals surface area contributed by atoms with E-state index in [1.54, 1.807) is 0 Å². The Morgan fingerprint density at radius 3 is 2.35 bits per heavy atom. The van der Waals surface area contributed by atoms with Crippen LogP contribution in [0.3, 0.4) is 0 Å². The number of hydrogen-bond acceptors (Lipinski definition) is 2. The van der Waals surface area contributed by atoms with Gasteiger partial charge in [0.1, 0.15) is 0 Å². The third-order valence-electron chi connectivity index (χ3n) is 5.25. The number of nitrogens with two attached hydrogens (primary N) is 1. The molecule has 1 spiro atoms. The highest BCUT2D eigenvalue weighted by Crippen LogP contribution is 2.51. The van der Waals surface area contributed by atoms with Crippen molar-refractivity contribution in [2.24, 2.45) is 11.1 Å².